The first kappa shape index (κ1) is 19.1. The molecule has 1 aromatic carbocycles. The fourth-order valence-electron chi connectivity index (χ4n) is 2.34. The molecule has 0 radical (unpaired) electrons. The second-order valence-electron chi connectivity index (χ2n) is 5.95. The van der Waals surface area contributed by atoms with Crippen LogP contribution < -0.4 is 15.4 Å². The quantitative estimate of drug-likeness (QED) is 0.770. The maximum atomic E-state index is 12.1. The molecule has 0 aliphatic carbocycles. The number of amides is 2. The molecule has 7 nitrogen and oxygen atoms in total. The zero-order chi connectivity index (χ0) is 18.4. The predicted octanol–water partition coefficient (Wildman–Crippen LogP) is 1.87. The number of hydrogen-bond donors (Lipinski definition) is 2. The lowest BCUT2D eigenvalue weighted by molar-refractivity contribution is -0.131. The molecule has 1 atom stereocenters. The largest absolute Gasteiger partial charge is 0.497 e. The summed E-state index contributed by atoms with van der Waals surface area (Å²) in [5, 5.41) is 9.92. The highest BCUT2D eigenvalue weighted by atomic mass is 35.5. The lowest BCUT2D eigenvalue weighted by Crippen LogP contribution is -2.38. The maximum absolute atomic E-state index is 12.1. The van der Waals surface area contributed by atoms with Gasteiger partial charge in [-0.15, -0.1) is 0 Å². The summed E-state index contributed by atoms with van der Waals surface area (Å²) in [4.78, 5) is 28.9. The van der Waals surface area contributed by atoms with Gasteiger partial charge in [-0.1, -0.05) is 16.8 Å². The third-order valence-corrected chi connectivity index (χ3v) is 3.88. The molecule has 2 amide bonds. The van der Waals surface area contributed by atoms with Crippen molar-refractivity contribution in [2.75, 3.05) is 13.7 Å². The van der Waals surface area contributed by atoms with Crippen molar-refractivity contribution in [1.82, 2.24) is 10.6 Å². The van der Waals surface area contributed by atoms with Crippen molar-refractivity contribution in [3.8, 4) is 5.75 Å². The summed E-state index contributed by atoms with van der Waals surface area (Å²) in [6.45, 7) is 4.00. The number of halogens is 1. The van der Waals surface area contributed by atoms with Crippen molar-refractivity contribution in [2.45, 2.75) is 38.8 Å². The summed E-state index contributed by atoms with van der Waals surface area (Å²) in [6.07, 6.45) is -0.214. The number of methoxy groups -OCH3 is 1. The summed E-state index contributed by atoms with van der Waals surface area (Å²) in [6, 6.07) is 5.28. The van der Waals surface area contributed by atoms with E-state index in [9.17, 15) is 9.59 Å². The third kappa shape index (κ3) is 5.35. The van der Waals surface area contributed by atoms with Gasteiger partial charge < -0.3 is 20.2 Å². The monoisotopic (exact) mass is 367 g/mol. The minimum absolute atomic E-state index is 0.0740. The third-order valence-electron chi connectivity index (χ3n) is 3.55. The van der Waals surface area contributed by atoms with Crippen LogP contribution in [0.1, 0.15) is 32.3 Å². The molecule has 0 spiro atoms. The molecule has 1 heterocycles. The molecule has 0 fully saturated rings. The van der Waals surface area contributed by atoms with Crippen molar-refractivity contribution >= 4 is 29.1 Å². The molecule has 2 rings (SSSR count). The van der Waals surface area contributed by atoms with Crippen LogP contribution in [0.25, 0.3) is 0 Å². The van der Waals surface area contributed by atoms with Gasteiger partial charge in [0.2, 0.25) is 12.0 Å². The van der Waals surface area contributed by atoms with Crippen molar-refractivity contribution in [1.29, 1.82) is 0 Å². The summed E-state index contributed by atoms with van der Waals surface area (Å²) in [7, 11) is 1.56. The van der Waals surface area contributed by atoms with E-state index in [1.54, 1.807) is 25.3 Å². The first-order chi connectivity index (χ1) is 11.9. The van der Waals surface area contributed by atoms with Crippen LogP contribution in [0.15, 0.2) is 23.4 Å². The molecule has 1 aromatic rings. The van der Waals surface area contributed by atoms with Gasteiger partial charge in [0, 0.05) is 31.0 Å². The zero-order valence-electron chi connectivity index (χ0n) is 14.5. The molecular weight excluding hydrogens is 346 g/mol. The van der Waals surface area contributed by atoms with E-state index in [0.29, 0.717) is 28.5 Å². The van der Waals surface area contributed by atoms with Crippen LogP contribution in [0.3, 0.4) is 0 Å². The number of carbonyl (C=O) groups excluding carboxylic acids is 2. The van der Waals surface area contributed by atoms with E-state index in [1.807, 2.05) is 13.8 Å². The van der Waals surface area contributed by atoms with Gasteiger partial charge in [-0.05, 0) is 32.0 Å². The fourth-order valence-corrected chi connectivity index (χ4v) is 2.56. The average Bonchev–Trinajstić information content (AvgIpc) is 3.04. The molecule has 1 unspecified atom stereocenters. The Bertz CT molecular complexity index is 676. The summed E-state index contributed by atoms with van der Waals surface area (Å²) in [5.41, 5.74) is 1.26. The molecule has 0 bridgehead atoms. The summed E-state index contributed by atoms with van der Waals surface area (Å²) < 4.78 is 5.17. The average molecular weight is 368 g/mol. The van der Waals surface area contributed by atoms with Gasteiger partial charge in [0.25, 0.3) is 5.91 Å². The normalized spacial score (nSPS) is 16.2. The van der Waals surface area contributed by atoms with Crippen molar-refractivity contribution < 1.29 is 19.2 Å². The number of benzene rings is 1. The zero-order valence-corrected chi connectivity index (χ0v) is 15.2. The minimum atomic E-state index is -0.731. The smallest absolute Gasteiger partial charge is 0.264 e. The number of nitrogens with one attached hydrogen (secondary N) is 2. The van der Waals surface area contributed by atoms with E-state index in [-0.39, 0.29) is 30.8 Å². The van der Waals surface area contributed by atoms with Gasteiger partial charge >= 0.3 is 0 Å². The summed E-state index contributed by atoms with van der Waals surface area (Å²) >= 11 is 6.18. The van der Waals surface area contributed by atoms with Gasteiger partial charge in [0.05, 0.1) is 17.8 Å². The molecule has 0 aromatic heterocycles. The van der Waals surface area contributed by atoms with Gasteiger partial charge in [0.15, 0.2) is 0 Å². The van der Waals surface area contributed by atoms with E-state index >= 15 is 0 Å². The highest BCUT2D eigenvalue weighted by Crippen LogP contribution is 2.26. The Morgan fingerprint density at radius 3 is 2.88 bits per heavy atom. The van der Waals surface area contributed by atoms with Crippen LogP contribution >= 0.6 is 11.6 Å². The second-order valence-corrected chi connectivity index (χ2v) is 6.35. The van der Waals surface area contributed by atoms with Crippen LogP contribution in [0.4, 0.5) is 0 Å². The molecule has 0 saturated heterocycles. The number of oxime groups is 1. The van der Waals surface area contributed by atoms with Gasteiger partial charge in [-0.25, -0.2) is 0 Å². The standard InChI is InChI=1S/C17H22ClN3O4/c1-10(2)20-16(22)6-7-19-17(23)15-9-14(21-25-15)12-8-11(24-3)4-5-13(12)18/h4-5,8,10,15H,6-7,9H2,1-3H3,(H,19,23)(H,20,22). The van der Waals surface area contributed by atoms with Crippen molar-refractivity contribution in [2.24, 2.45) is 5.16 Å². The number of nitrogens with zero attached hydrogens (tertiary/aromatic N) is 1. The van der Waals surface area contributed by atoms with Gasteiger partial charge in [-0.3, -0.25) is 9.59 Å². The van der Waals surface area contributed by atoms with Crippen LogP contribution in [-0.4, -0.2) is 43.3 Å². The van der Waals surface area contributed by atoms with E-state index in [4.69, 9.17) is 21.2 Å². The molecule has 2 N–H and O–H groups in total. The molecule has 8 heteroatoms. The van der Waals surface area contributed by atoms with E-state index in [1.165, 1.54) is 0 Å². The Balaban J connectivity index is 1.85. The Morgan fingerprint density at radius 2 is 2.20 bits per heavy atom. The topological polar surface area (TPSA) is 89.0 Å². The van der Waals surface area contributed by atoms with Crippen LogP contribution in [0.5, 0.6) is 5.75 Å². The van der Waals surface area contributed by atoms with Crippen molar-refractivity contribution in [3.05, 3.63) is 28.8 Å². The van der Waals surface area contributed by atoms with Crippen molar-refractivity contribution in [3.63, 3.8) is 0 Å². The molecule has 1 aliphatic heterocycles. The van der Waals surface area contributed by atoms with Crippen LogP contribution in [0.2, 0.25) is 5.02 Å². The molecule has 0 saturated carbocycles. The van der Waals surface area contributed by atoms with Crippen LogP contribution in [0, 0.1) is 0 Å². The Hall–Kier alpha value is -2.28. The predicted molar refractivity (Wildman–Crippen MR) is 94.9 cm³/mol. The highest BCUT2D eigenvalue weighted by molar-refractivity contribution is 6.34. The number of ether oxygens (including phenoxy) is 1. The van der Waals surface area contributed by atoms with E-state index < -0.39 is 6.10 Å². The fraction of sp³-hybridized carbons (Fsp3) is 0.471. The lowest BCUT2D eigenvalue weighted by atomic mass is 10.0. The highest BCUT2D eigenvalue weighted by Gasteiger charge is 2.29. The second kappa shape index (κ2) is 8.71. The maximum Gasteiger partial charge on any atom is 0.264 e. The number of rotatable bonds is 7. The number of hydrogen-bond acceptors (Lipinski definition) is 5. The SMILES string of the molecule is COc1ccc(Cl)c(C2=NOC(C(=O)NCCC(=O)NC(C)C)C2)c1. The first-order valence-corrected chi connectivity index (χ1v) is 8.42. The molecule has 1 aliphatic rings. The summed E-state index contributed by atoms with van der Waals surface area (Å²) in [5.74, 6) is 0.226. The first-order valence-electron chi connectivity index (χ1n) is 8.04. The Labute approximate surface area is 151 Å². The van der Waals surface area contributed by atoms with Gasteiger partial charge in [-0.2, -0.15) is 0 Å². The Kier molecular flexibility index (Phi) is 6.64. The van der Waals surface area contributed by atoms with Gasteiger partial charge in [0.1, 0.15) is 5.75 Å². The Morgan fingerprint density at radius 1 is 1.44 bits per heavy atom. The van der Waals surface area contributed by atoms with Crippen LogP contribution in [-0.2, 0) is 14.4 Å². The van der Waals surface area contributed by atoms with E-state index in [0.717, 1.165) is 0 Å². The van der Waals surface area contributed by atoms with E-state index in [2.05, 4.69) is 15.8 Å². The minimum Gasteiger partial charge on any atom is -0.497 e. The molecule has 25 heavy (non-hydrogen) atoms. The number of carbonyl (C=O) groups is 2. The molecular formula is C17H22ClN3O4. The molecule has 136 valence electrons. The lowest BCUT2D eigenvalue weighted by Gasteiger charge is -2.11.